The minimum absolute atomic E-state index is 0.0282. The molecule has 8 heteroatoms. The van der Waals surface area contributed by atoms with Gasteiger partial charge in [-0.15, -0.1) is 0 Å². The molecule has 1 aromatic heterocycles. The van der Waals surface area contributed by atoms with Gasteiger partial charge < -0.3 is 5.32 Å². The van der Waals surface area contributed by atoms with Gasteiger partial charge in [-0.25, -0.2) is 13.1 Å². The van der Waals surface area contributed by atoms with Crippen LogP contribution in [-0.2, 0) is 28.1 Å². The number of hydrogen-bond donors (Lipinski definition) is 1. The first-order valence-corrected chi connectivity index (χ1v) is 10.6. The van der Waals surface area contributed by atoms with E-state index >= 15 is 0 Å². The molecule has 0 fully saturated rings. The summed E-state index contributed by atoms with van der Waals surface area (Å²) in [4.78, 5) is 24.9. The highest BCUT2D eigenvalue weighted by Gasteiger charge is 2.15. The van der Waals surface area contributed by atoms with E-state index < -0.39 is 9.84 Å². The summed E-state index contributed by atoms with van der Waals surface area (Å²) in [5.41, 5.74) is 1.10. The number of rotatable bonds is 5. The van der Waals surface area contributed by atoms with Crippen molar-refractivity contribution in [2.45, 2.75) is 24.3 Å². The van der Waals surface area contributed by atoms with Crippen molar-refractivity contribution >= 4 is 26.5 Å². The molecule has 7 nitrogen and oxygen atoms in total. The van der Waals surface area contributed by atoms with E-state index in [1.807, 2.05) is 6.92 Å². The van der Waals surface area contributed by atoms with Crippen LogP contribution in [0.4, 0.5) is 0 Å². The van der Waals surface area contributed by atoms with Gasteiger partial charge in [0.2, 0.25) is 5.91 Å². The van der Waals surface area contributed by atoms with Gasteiger partial charge in [0, 0.05) is 18.7 Å². The molecular weight excluding hydrogens is 378 g/mol. The van der Waals surface area contributed by atoms with Crippen molar-refractivity contribution in [2.24, 2.45) is 7.05 Å². The number of nitrogens with zero attached hydrogens (tertiary/aromatic N) is 2. The van der Waals surface area contributed by atoms with Gasteiger partial charge in [-0.1, -0.05) is 30.3 Å². The average molecular weight is 399 g/mol. The monoisotopic (exact) mass is 399 g/mol. The van der Waals surface area contributed by atoms with Gasteiger partial charge in [-0.2, -0.15) is 5.10 Å². The summed E-state index contributed by atoms with van der Waals surface area (Å²) in [6.07, 6.45) is 1.18. The zero-order chi connectivity index (χ0) is 20.5. The van der Waals surface area contributed by atoms with Gasteiger partial charge >= 0.3 is 0 Å². The van der Waals surface area contributed by atoms with Crippen molar-refractivity contribution in [3.05, 3.63) is 70.1 Å². The second-order valence-corrected chi connectivity index (χ2v) is 8.74. The van der Waals surface area contributed by atoms with Crippen molar-refractivity contribution < 1.29 is 13.2 Å². The van der Waals surface area contributed by atoms with Crippen LogP contribution in [0.3, 0.4) is 0 Å². The number of fused-ring (bicyclic) bond motifs is 1. The van der Waals surface area contributed by atoms with Crippen LogP contribution in [0.25, 0.3) is 10.8 Å². The lowest BCUT2D eigenvalue weighted by molar-refractivity contribution is -0.121. The minimum atomic E-state index is -3.26. The number of carbonyl (C=O) groups excluding carboxylic acids is 1. The molecule has 1 heterocycles. The van der Waals surface area contributed by atoms with Crippen LogP contribution in [-0.4, -0.2) is 30.4 Å². The third kappa shape index (κ3) is 4.12. The number of sulfone groups is 1. The van der Waals surface area contributed by atoms with E-state index in [2.05, 4.69) is 10.4 Å². The molecular formula is C20H21N3O4S. The molecule has 0 saturated heterocycles. The second-order valence-electron chi connectivity index (χ2n) is 6.73. The maximum atomic E-state index is 12.5. The van der Waals surface area contributed by atoms with Gasteiger partial charge in [0.1, 0.15) is 0 Å². The SMILES string of the molecule is C[C@@H](NC(=O)Cc1nn(C)c(=O)c2ccccc12)c1ccc(S(C)(=O)=O)cc1. The molecule has 0 aliphatic carbocycles. The number of hydrogen-bond acceptors (Lipinski definition) is 5. The van der Waals surface area contributed by atoms with Gasteiger partial charge in [-0.3, -0.25) is 9.59 Å². The summed E-state index contributed by atoms with van der Waals surface area (Å²) in [6, 6.07) is 13.2. The summed E-state index contributed by atoms with van der Waals surface area (Å²) in [5.74, 6) is -0.240. The topological polar surface area (TPSA) is 98.1 Å². The molecule has 3 aromatic rings. The highest BCUT2D eigenvalue weighted by Crippen LogP contribution is 2.17. The van der Waals surface area contributed by atoms with E-state index in [1.54, 1.807) is 43.4 Å². The molecule has 0 saturated carbocycles. The molecule has 0 radical (unpaired) electrons. The van der Waals surface area contributed by atoms with Gasteiger partial charge in [0.25, 0.3) is 5.56 Å². The van der Waals surface area contributed by atoms with Crippen LogP contribution in [0, 0.1) is 0 Å². The Labute approximate surface area is 162 Å². The highest BCUT2D eigenvalue weighted by atomic mass is 32.2. The van der Waals surface area contributed by atoms with Crippen LogP contribution >= 0.6 is 0 Å². The summed E-state index contributed by atoms with van der Waals surface area (Å²) in [6.45, 7) is 1.82. The Bertz CT molecular complexity index is 1200. The number of aryl methyl sites for hydroxylation is 1. The van der Waals surface area contributed by atoms with E-state index in [-0.39, 0.29) is 28.8 Å². The Hall–Kier alpha value is -3.00. The molecule has 0 unspecified atom stereocenters. The number of aromatic nitrogens is 2. The van der Waals surface area contributed by atoms with E-state index in [4.69, 9.17) is 0 Å². The lowest BCUT2D eigenvalue weighted by atomic mass is 10.1. The Balaban J connectivity index is 1.78. The Kier molecular flexibility index (Phi) is 5.33. The fourth-order valence-electron chi connectivity index (χ4n) is 3.04. The summed E-state index contributed by atoms with van der Waals surface area (Å²) >= 11 is 0. The molecule has 0 bridgehead atoms. The maximum Gasteiger partial charge on any atom is 0.274 e. The van der Waals surface area contributed by atoms with Crippen LogP contribution in [0.15, 0.2) is 58.2 Å². The first-order chi connectivity index (χ1) is 13.2. The first kappa shape index (κ1) is 19.8. The molecule has 0 spiro atoms. The first-order valence-electron chi connectivity index (χ1n) is 8.71. The highest BCUT2D eigenvalue weighted by molar-refractivity contribution is 7.90. The quantitative estimate of drug-likeness (QED) is 0.705. The van der Waals surface area contributed by atoms with E-state index in [0.717, 1.165) is 11.8 Å². The summed E-state index contributed by atoms with van der Waals surface area (Å²) in [5, 5.41) is 8.30. The summed E-state index contributed by atoms with van der Waals surface area (Å²) in [7, 11) is -1.70. The zero-order valence-electron chi connectivity index (χ0n) is 15.8. The third-order valence-electron chi connectivity index (χ3n) is 4.55. The zero-order valence-corrected chi connectivity index (χ0v) is 16.7. The molecule has 28 heavy (non-hydrogen) atoms. The van der Waals surface area contributed by atoms with Crippen LogP contribution in [0.2, 0.25) is 0 Å². The van der Waals surface area contributed by atoms with Crippen LogP contribution in [0.1, 0.15) is 24.2 Å². The van der Waals surface area contributed by atoms with E-state index in [0.29, 0.717) is 16.5 Å². The normalized spacial score (nSPS) is 12.7. The fourth-order valence-corrected chi connectivity index (χ4v) is 3.67. The number of amides is 1. The standard InChI is InChI=1S/C20H21N3O4S/c1-13(14-8-10-15(11-9-14)28(3,26)27)21-19(24)12-18-16-6-4-5-7-17(16)20(25)23(2)22-18/h4-11,13H,12H2,1-3H3,(H,21,24)/t13-/m1/s1. The lowest BCUT2D eigenvalue weighted by Crippen LogP contribution is -2.30. The number of nitrogens with one attached hydrogen (secondary N) is 1. The molecule has 1 atom stereocenters. The third-order valence-corrected chi connectivity index (χ3v) is 5.68. The van der Waals surface area contributed by atoms with Crippen molar-refractivity contribution in [1.29, 1.82) is 0 Å². The number of benzene rings is 2. The largest absolute Gasteiger partial charge is 0.349 e. The van der Waals surface area contributed by atoms with Crippen molar-refractivity contribution in [3.63, 3.8) is 0 Å². The van der Waals surface area contributed by atoms with Crippen LogP contribution < -0.4 is 10.9 Å². The van der Waals surface area contributed by atoms with Gasteiger partial charge in [0.15, 0.2) is 9.84 Å². The van der Waals surface area contributed by atoms with Gasteiger partial charge in [0.05, 0.1) is 28.4 Å². The average Bonchev–Trinajstić information content (AvgIpc) is 2.65. The molecule has 2 aromatic carbocycles. The molecule has 3 rings (SSSR count). The predicted octanol–water partition coefficient (Wildman–Crippen LogP) is 1.76. The van der Waals surface area contributed by atoms with Gasteiger partial charge in [-0.05, 0) is 30.7 Å². The molecule has 0 aliphatic rings. The molecule has 146 valence electrons. The number of carbonyl (C=O) groups is 1. The van der Waals surface area contributed by atoms with E-state index in [9.17, 15) is 18.0 Å². The Morgan fingerprint density at radius 1 is 1.11 bits per heavy atom. The molecule has 1 amide bonds. The Morgan fingerprint density at radius 2 is 1.71 bits per heavy atom. The maximum absolute atomic E-state index is 12.5. The smallest absolute Gasteiger partial charge is 0.274 e. The van der Waals surface area contributed by atoms with Crippen molar-refractivity contribution in [2.75, 3.05) is 6.26 Å². The Morgan fingerprint density at radius 3 is 2.32 bits per heavy atom. The molecule has 1 N–H and O–H groups in total. The second kappa shape index (κ2) is 7.55. The fraction of sp³-hybridized carbons (Fsp3) is 0.250. The van der Waals surface area contributed by atoms with Crippen molar-refractivity contribution in [1.82, 2.24) is 15.1 Å². The summed E-state index contributed by atoms with van der Waals surface area (Å²) < 4.78 is 24.3. The molecule has 0 aliphatic heterocycles. The minimum Gasteiger partial charge on any atom is -0.349 e. The van der Waals surface area contributed by atoms with Crippen molar-refractivity contribution in [3.8, 4) is 0 Å². The van der Waals surface area contributed by atoms with Crippen LogP contribution in [0.5, 0.6) is 0 Å². The van der Waals surface area contributed by atoms with E-state index in [1.165, 1.54) is 16.8 Å². The predicted molar refractivity (Wildman–Crippen MR) is 107 cm³/mol. The lowest BCUT2D eigenvalue weighted by Gasteiger charge is -2.15.